The van der Waals surface area contributed by atoms with Gasteiger partial charge in [-0.15, -0.1) is 0 Å². The van der Waals surface area contributed by atoms with Gasteiger partial charge in [0.25, 0.3) is 0 Å². The molecule has 0 spiro atoms. The Morgan fingerprint density at radius 1 is 0.481 bits per heavy atom. The molecule has 0 aromatic heterocycles. The van der Waals surface area contributed by atoms with Gasteiger partial charge < -0.3 is 0 Å². The monoisotopic (exact) mass is 380 g/mol. The highest BCUT2D eigenvalue weighted by Crippen LogP contribution is 2.22. The van der Waals surface area contributed by atoms with E-state index in [0.717, 1.165) is 25.7 Å². The van der Waals surface area contributed by atoms with Crippen molar-refractivity contribution in [3.8, 4) is 0 Å². The number of hydrogen-bond acceptors (Lipinski definition) is 1. The average molecular weight is 381 g/mol. The molecule has 0 heterocycles. The molecule has 0 aliphatic carbocycles. The standard InChI is InChI=1S/C26H52O/c1-4-7-10-13-16-19-22-25(23-20-17-14-11-8-5-2)26(27)24-21-18-15-12-9-6-3/h25H,4-24H2,1-3H3. The number of rotatable bonds is 22. The second-order valence-corrected chi connectivity index (χ2v) is 8.79. The zero-order chi connectivity index (χ0) is 20.0. The summed E-state index contributed by atoms with van der Waals surface area (Å²) >= 11 is 0. The van der Waals surface area contributed by atoms with E-state index in [4.69, 9.17) is 0 Å². The highest BCUT2D eigenvalue weighted by Gasteiger charge is 2.17. The van der Waals surface area contributed by atoms with E-state index in [1.165, 1.54) is 109 Å². The van der Waals surface area contributed by atoms with Gasteiger partial charge in [0.2, 0.25) is 0 Å². The first-order chi connectivity index (χ1) is 13.3. The van der Waals surface area contributed by atoms with Crippen molar-refractivity contribution in [2.45, 2.75) is 156 Å². The summed E-state index contributed by atoms with van der Waals surface area (Å²) in [7, 11) is 0. The Kier molecular flexibility index (Phi) is 21.7. The van der Waals surface area contributed by atoms with E-state index < -0.39 is 0 Å². The first-order valence-electron chi connectivity index (χ1n) is 12.8. The van der Waals surface area contributed by atoms with Crippen LogP contribution < -0.4 is 0 Å². The van der Waals surface area contributed by atoms with Crippen LogP contribution in [0.1, 0.15) is 156 Å². The smallest absolute Gasteiger partial charge is 0.135 e. The zero-order valence-corrected chi connectivity index (χ0v) is 19.3. The van der Waals surface area contributed by atoms with Gasteiger partial charge in [-0.25, -0.2) is 0 Å². The van der Waals surface area contributed by atoms with E-state index in [9.17, 15) is 4.79 Å². The van der Waals surface area contributed by atoms with Crippen LogP contribution >= 0.6 is 0 Å². The molecule has 0 N–H and O–H groups in total. The maximum Gasteiger partial charge on any atom is 0.135 e. The van der Waals surface area contributed by atoms with Crippen LogP contribution in [0, 0.1) is 5.92 Å². The number of Topliss-reactive ketones (excluding diaryl/α,β-unsaturated/α-hetero) is 1. The van der Waals surface area contributed by atoms with E-state index in [2.05, 4.69) is 20.8 Å². The summed E-state index contributed by atoms with van der Waals surface area (Å²) in [6.07, 6.45) is 27.0. The zero-order valence-electron chi connectivity index (χ0n) is 19.3. The van der Waals surface area contributed by atoms with Crippen molar-refractivity contribution in [1.82, 2.24) is 0 Å². The number of unbranched alkanes of at least 4 members (excludes halogenated alkanes) is 15. The Bertz CT molecular complexity index is 281. The fourth-order valence-corrected chi connectivity index (χ4v) is 4.09. The van der Waals surface area contributed by atoms with E-state index in [1.807, 2.05) is 0 Å². The molecule has 0 rings (SSSR count). The lowest BCUT2D eigenvalue weighted by molar-refractivity contribution is -0.123. The Morgan fingerprint density at radius 2 is 0.815 bits per heavy atom. The van der Waals surface area contributed by atoms with Gasteiger partial charge in [0.15, 0.2) is 0 Å². The fraction of sp³-hybridized carbons (Fsp3) is 0.962. The van der Waals surface area contributed by atoms with Crippen molar-refractivity contribution in [2.75, 3.05) is 0 Å². The Labute approximate surface area is 172 Å². The minimum atomic E-state index is 0.373. The lowest BCUT2D eigenvalue weighted by Crippen LogP contribution is -2.14. The van der Waals surface area contributed by atoms with Gasteiger partial charge in [-0.3, -0.25) is 4.79 Å². The van der Waals surface area contributed by atoms with Crippen LogP contribution in [0.5, 0.6) is 0 Å². The summed E-state index contributed by atoms with van der Waals surface area (Å²) in [4.78, 5) is 12.8. The summed E-state index contributed by atoms with van der Waals surface area (Å²) < 4.78 is 0. The second kappa shape index (κ2) is 22.0. The molecular weight excluding hydrogens is 328 g/mol. The quantitative estimate of drug-likeness (QED) is 0.171. The number of ketones is 1. The predicted octanol–water partition coefficient (Wildman–Crippen LogP) is 9.42. The summed E-state index contributed by atoms with van der Waals surface area (Å²) in [5, 5.41) is 0. The first kappa shape index (κ1) is 26.7. The van der Waals surface area contributed by atoms with E-state index in [0.29, 0.717) is 11.7 Å². The van der Waals surface area contributed by atoms with Crippen LogP contribution in [-0.2, 0) is 4.79 Å². The predicted molar refractivity (Wildman–Crippen MR) is 122 cm³/mol. The van der Waals surface area contributed by atoms with Crippen molar-refractivity contribution >= 4 is 5.78 Å². The van der Waals surface area contributed by atoms with Gasteiger partial charge in [-0.1, -0.05) is 130 Å². The molecule has 0 aromatic carbocycles. The topological polar surface area (TPSA) is 17.1 Å². The molecule has 0 aliphatic rings. The van der Waals surface area contributed by atoms with Crippen molar-refractivity contribution in [3.05, 3.63) is 0 Å². The molecule has 1 nitrogen and oxygen atoms in total. The van der Waals surface area contributed by atoms with Crippen molar-refractivity contribution < 1.29 is 4.79 Å². The summed E-state index contributed by atoms with van der Waals surface area (Å²) in [5.41, 5.74) is 0. The lowest BCUT2D eigenvalue weighted by atomic mass is 9.88. The van der Waals surface area contributed by atoms with Crippen molar-refractivity contribution in [2.24, 2.45) is 5.92 Å². The molecule has 162 valence electrons. The molecule has 0 unspecified atom stereocenters. The largest absolute Gasteiger partial charge is 0.299 e. The molecule has 1 heteroatoms. The molecule has 27 heavy (non-hydrogen) atoms. The van der Waals surface area contributed by atoms with Gasteiger partial charge in [0.05, 0.1) is 0 Å². The van der Waals surface area contributed by atoms with E-state index in [1.54, 1.807) is 0 Å². The molecule has 0 radical (unpaired) electrons. The number of carbonyl (C=O) groups is 1. The van der Waals surface area contributed by atoms with Gasteiger partial charge in [0, 0.05) is 12.3 Å². The summed E-state index contributed by atoms with van der Waals surface area (Å²) in [6.45, 7) is 6.81. The van der Waals surface area contributed by atoms with Crippen LogP contribution in [0.25, 0.3) is 0 Å². The number of hydrogen-bond donors (Lipinski definition) is 0. The van der Waals surface area contributed by atoms with Gasteiger partial charge in [-0.05, 0) is 19.3 Å². The van der Waals surface area contributed by atoms with Crippen LogP contribution in [0.3, 0.4) is 0 Å². The maximum absolute atomic E-state index is 12.8. The van der Waals surface area contributed by atoms with E-state index >= 15 is 0 Å². The molecular formula is C26H52O. The molecule has 0 saturated heterocycles. The highest BCUT2D eigenvalue weighted by atomic mass is 16.1. The van der Waals surface area contributed by atoms with Crippen LogP contribution in [-0.4, -0.2) is 5.78 Å². The Balaban J connectivity index is 4.02. The summed E-state index contributed by atoms with van der Waals surface area (Å²) in [5.74, 6) is 0.964. The maximum atomic E-state index is 12.8. The summed E-state index contributed by atoms with van der Waals surface area (Å²) in [6, 6.07) is 0. The van der Waals surface area contributed by atoms with Gasteiger partial charge in [-0.2, -0.15) is 0 Å². The Morgan fingerprint density at radius 3 is 1.22 bits per heavy atom. The van der Waals surface area contributed by atoms with Crippen LogP contribution in [0.4, 0.5) is 0 Å². The second-order valence-electron chi connectivity index (χ2n) is 8.79. The average Bonchev–Trinajstić information content (AvgIpc) is 2.68. The van der Waals surface area contributed by atoms with Gasteiger partial charge >= 0.3 is 0 Å². The molecule has 0 aliphatic heterocycles. The molecule has 0 atom stereocenters. The molecule has 0 amide bonds. The first-order valence-corrected chi connectivity index (χ1v) is 12.8. The van der Waals surface area contributed by atoms with Crippen LogP contribution in [0.2, 0.25) is 0 Å². The number of carbonyl (C=O) groups excluding carboxylic acids is 1. The van der Waals surface area contributed by atoms with E-state index in [-0.39, 0.29) is 0 Å². The third-order valence-corrected chi connectivity index (χ3v) is 6.04. The SMILES string of the molecule is CCCCCCCCC(=O)C(CCCCCCCC)CCCCCCCC. The normalized spacial score (nSPS) is 11.4. The molecule has 0 fully saturated rings. The molecule has 0 saturated carbocycles. The molecule has 0 aromatic rings. The lowest BCUT2D eigenvalue weighted by Gasteiger charge is -2.16. The van der Waals surface area contributed by atoms with Crippen LogP contribution in [0.15, 0.2) is 0 Å². The third kappa shape index (κ3) is 18.8. The minimum Gasteiger partial charge on any atom is -0.299 e. The van der Waals surface area contributed by atoms with Gasteiger partial charge in [0.1, 0.15) is 5.78 Å². The van der Waals surface area contributed by atoms with Crippen molar-refractivity contribution in [1.29, 1.82) is 0 Å². The fourth-order valence-electron chi connectivity index (χ4n) is 4.09. The molecule has 0 bridgehead atoms. The minimum absolute atomic E-state index is 0.373. The van der Waals surface area contributed by atoms with Crippen molar-refractivity contribution in [3.63, 3.8) is 0 Å². The Hall–Kier alpha value is -0.330. The highest BCUT2D eigenvalue weighted by molar-refractivity contribution is 5.80. The third-order valence-electron chi connectivity index (χ3n) is 6.04.